The second kappa shape index (κ2) is 4.40. The van der Waals surface area contributed by atoms with Crippen LogP contribution in [0.15, 0.2) is 16.6 Å². The number of hydrogen-bond acceptors (Lipinski definition) is 2. The second-order valence-corrected chi connectivity index (χ2v) is 3.62. The van der Waals surface area contributed by atoms with Gasteiger partial charge in [0.15, 0.2) is 0 Å². The quantitative estimate of drug-likeness (QED) is 0.905. The Bertz CT molecular complexity index is 363. The average Bonchev–Trinajstić information content (AvgIpc) is 2.15. The topological polar surface area (TPSA) is 29.5 Å². The van der Waals surface area contributed by atoms with E-state index in [0.29, 0.717) is 4.47 Å². The van der Waals surface area contributed by atoms with E-state index in [1.54, 1.807) is 0 Å². The monoisotopic (exact) mass is 284 g/mol. The van der Waals surface area contributed by atoms with Crippen LogP contribution in [-0.2, 0) is 12.8 Å². The summed E-state index contributed by atoms with van der Waals surface area (Å²) in [5.74, 6) is -0.348. The lowest BCUT2D eigenvalue weighted by Crippen LogP contribution is -2.09. The van der Waals surface area contributed by atoms with Crippen molar-refractivity contribution < 1.29 is 23.0 Å². The number of alkyl halides is 3. The maximum atomic E-state index is 12.5. The summed E-state index contributed by atoms with van der Waals surface area (Å²) in [4.78, 5) is 0. The van der Waals surface area contributed by atoms with Crippen molar-refractivity contribution in [1.29, 1.82) is 0 Å². The molecule has 0 aliphatic rings. The van der Waals surface area contributed by atoms with E-state index in [4.69, 9.17) is 5.11 Å². The molecule has 1 rings (SSSR count). The van der Waals surface area contributed by atoms with Crippen molar-refractivity contribution in [2.45, 2.75) is 12.8 Å². The van der Waals surface area contributed by atoms with Gasteiger partial charge in [0.2, 0.25) is 0 Å². The molecule has 84 valence electrons. The highest BCUT2D eigenvalue weighted by atomic mass is 79.9. The zero-order chi connectivity index (χ0) is 11.6. The maximum absolute atomic E-state index is 12.5. The molecular weight excluding hydrogens is 277 g/mol. The normalized spacial score (nSPS) is 11.6. The lowest BCUT2D eigenvalue weighted by atomic mass is 10.1. The molecule has 0 aromatic heterocycles. The van der Waals surface area contributed by atoms with Crippen molar-refractivity contribution in [3.63, 3.8) is 0 Å². The van der Waals surface area contributed by atoms with Gasteiger partial charge in [-0.3, -0.25) is 0 Å². The van der Waals surface area contributed by atoms with Gasteiger partial charge in [0.25, 0.3) is 0 Å². The third kappa shape index (κ3) is 2.43. The van der Waals surface area contributed by atoms with Crippen LogP contribution in [0.4, 0.5) is 13.2 Å². The molecule has 0 unspecified atom stereocenters. The van der Waals surface area contributed by atoms with Gasteiger partial charge < -0.3 is 9.84 Å². The molecule has 1 aromatic carbocycles. The summed E-state index contributed by atoms with van der Waals surface area (Å²) in [7, 11) is 1.14. The second-order valence-electron chi connectivity index (χ2n) is 2.76. The van der Waals surface area contributed by atoms with E-state index in [2.05, 4.69) is 20.7 Å². The van der Waals surface area contributed by atoms with Crippen LogP contribution in [0.1, 0.15) is 11.1 Å². The average molecular weight is 285 g/mol. The minimum Gasteiger partial charge on any atom is -0.496 e. The predicted octanol–water partition coefficient (Wildman–Crippen LogP) is 2.97. The molecule has 15 heavy (non-hydrogen) atoms. The van der Waals surface area contributed by atoms with Crippen LogP contribution in [0.25, 0.3) is 0 Å². The molecule has 0 bridgehead atoms. The Labute approximate surface area is 92.8 Å². The van der Waals surface area contributed by atoms with E-state index in [9.17, 15) is 13.2 Å². The largest absolute Gasteiger partial charge is 0.496 e. The maximum Gasteiger partial charge on any atom is 0.419 e. The first-order valence-corrected chi connectivity index (χ1v) is 4.74. The van der Waals surface area contributed by atoms with Gasteiger partial charge in [0.1, 0.15) is 5.75 Å². The Morgan fingerprint density at radius 3 is 2.40 bits per heavy atom. The number of aliphatic hydroxyl groups is 1. The minimum absolute atomic E-state index is 0.0901. The summed E-state index contributed by atoms with van der Waals surface area (Å²) in [6.07, 6.45) is -4.49. The number of aliphatic hydroxyl groups excluding tert-OH is 1. The molecule has 0 aliphatic carbocycles. The first-order valence-electron chi connectivity index (χ1n) is 3.95. The number of methoxy groups -OCH3 is 1. The molecule has 1 N–H and O–H groups in total. The fourth-order valence-corrected chi connectivity index (χ4v) is 1.65. The number of benzene rings is 1. The third-order valence-electron chi connectivity index (χ3n) is 1.87. The lowest BCUT2D eigenvalue weighted by molar-refractivity contribution is -0.138. The van der Waals surface area contributed by atoms with E-state index in [-0.39, 0.29) is 11.3 Å². The van der Waals surface area contributed by atoms with Gasteiger partial charge in [-0.25, -0.2) is 0 Å². The fourth-order valence-electron chi connectivity index (χ4n) is 1.21. The highest BCUT2D eigenvalue weighted by Gasteiger charge is 2.35. The first kappa shape index (κ1) is 12.3. The molecule has 0 saturated carbocycles. The number of rotatable bonds is 2. The first-order chi connectivity index (χ1) is 6.91. The van der Waals surface area contributed by atoms with E-state index in [0.717, 1.165) is 13.2 Å². The summed E-state index contributed by atoms with van der Waals surface area (Å²) in [5.41, 5.74) is -0.801. The van der Waals surface area contributed by atoms with Gasteiger partial charge in [-0.05, 0) is 12.1 Å². The Morgan fingerprint density at radius 1 is 1.40 bits per heavy atom. The van der Waals surface area contributed by atoms with Gasteiger partial charge in [-0.15, -0.1) is 0 Å². The molecule has 0 aliphatic heterocycles. The molecule has 0 atom stereocenters. The molecule has 0 spiro atoms. The minimum atomic E-state index is -4.49. The summed E-state index contributed by atoms with van der Waals surface area (Å²) >= 11 is 3.04. The van der Waals surface area contributed by atoms with Crippen LogP contribution in [-0.4, -0.2) is 12.2 Å². The molecule has 0 saturated heterocycles. The van der Waals surface area contributed by atoms with Gasteiger partial charge in [0, 0.05) is 10.0 Å². The van der Waals surface area contributed by atoms with E-state index in [1.165, 1.54) is 6.07 Å². The van der Waals surface area contributed by atoms with Crippen LogP contribution in [0, 0.1) is 0 Å². The Morgan fingerprint density at radius 2 is 2.00 bits per heavy atom. The molecule has 0 heterocycles. The van der Waals surface area contributed by atoms with Gasteiger partial charge in [-0.2, -0.15) is 13.2 Å². The van der Waals surface area contributed by atoms with Crippen LogP contribution in [0.5, 0.6) is 5.75 Å². The van der Waals surface area contributed by atoms with Gasteiger partial charge in [0.05, 0.1) is 19.3 Å². The predicted molar refractivity (Wildman–Crippen MR) is 51.6 cm³/mol. The number of halogens is 4. The number of hydrogen-bond donors (Lipinski definition) is 1. The SMILES string of the molecule is COc1c(C(F)(F)F)ccc(Br)c1CO. The standard InChI is InChI=1S/C9H8BrF3O2/c1-15-8-5(4-14)7(10)3-2-6(8)9(11,12)13/h2-3,14H,4H2,1H3. The highest BCUT2D eigenvalue weighted by Crippen LogP contribution is 2.40. The summed E-state index contributed by atoms with van der Waals surface area (Å²) in [6, 6.07) is 2.14. The van der Waals surface area contributed by atoms with Crippen molar-refractivity contribution >= 4 is 15.9 Å². The van der Waals surface area contributed by atoms with Crippen LogP contribution >= 0.6 is 15.9 Å². The van der Waals surface area contributed by atoms with Crippen LogP contribution in [0.3, 0.4) is 0 Å². The van der Waals surface area contributed by atoms with Crippen molar-refractivity contribution in [2.75, 3.05) is 7.11 Å². The van der Waals surface area contributed by atoms with Crippen molar-refractivity contribution in [3.8, 4) is 5.75 Å². The molecule has 2 nitrogen and oxygen atoms in total. The van der Waals surface area contributed by atoms with Crippen LogP contribution in [0.2, 0.25) is 0 Å². The van der Waals surface area contributed by atoms with Crippen molar-refractivity contribution in [1.82, 2.24) is 0 Å². The fraction of sp³-hybridized carbons (Fsp3) is 0.333. The van der Waals surface area contributed by atoms with E-state index in [1.807, 2.05) is 0 Å². The Kier molecular flexibility index (Phi) is 3.62. The molecule has 6 heteroatoms. The molecule has 0 fully saturated rings. The van der Waals surface area contributed by atoms with E-state index < -0.39 is 18.3 Å². The molecule has 0 radical (unpaired) electrons. The van der Waals surface area contributed by atoms with Gasteiger partial charge in [-0.1, -0.05) is 15.9 Å². The Hall–Kier alpha value is -0.750. The lowest BCUT2D eigenvalue weighted by Gasteiger charge is -2.15. The highest BCUT2D eigenvalue weighted by molar-refractivity contribution is 9.10. The zero-order valence-corrected chi connectivity index (χ0v) is 9.32. The summed E-state index contributed by atoms with van der Waals surface area (Å²) < 4.78 is 42.6. The molecule has 0 amide bonds. The molecule has 1 aromatic rings. The van der Waals surface area contributed by atoms with Gasteiger partial charge >= 0.3 is 6.18 Å². The van der Waals surface area contributed by atoms with Crippen molar-refractivity contribution in [2.24, 2.45) is 0 Å². The molecular formula is C9H8BrF3O2. The summed E-state index contributed by atoms with van der Waals surface area (Å²) in [5, 5.41) is 8.94. The Balaban J connectivity index is 3.42. The zero-order valence-electron chi connectivity index (χ0n) is 7.73. The van der Waals surface area contributed by atoms with E-state index >= 15 is 0 Å². The van der Waals surface area contributed by atoms with Crippen LogP contribution < -0.4 is 4.74 Å². The smallest absolute Gasteiger partial charge is 0.419 e. The number of ether oxygens (including phenoxy) is 1. The van der Waals surface area contributed by atoms with Crippen molar-refractivity contribution in [3.05, 3.63) is 27.7 Å². The third-order valence-corrected chi connectivity index (χ3v) is 2.61. The summed E-state index contributed by atoms with van der Waals surface area (Å²) in [6.45, 7) is -0.520.